The van der Waals surface area contributed by atoms with Crippen LogP contribution >= 0.6 is 23.7 Å². The fourth-order valence-corrected chi connectivity index (χ4v) is 4.63. The van der Waals surface area contributed by atoms with E-state index >= 15 is 0 Å². The highest BCUT2D eigenvalue weighted by molar-refractivity contribution is 7.22. The maximum atomic E-state index is 13.7. The third-order valence-corrected chi connectivity index (χ3v) is 6.39. The Kier molecular flexibility index (Phi) is 7.75. The van der Waals surface area contributed by atoms with Crippen LogP contribution in [0.25, 0.3) is 10.2 Å². The zero-order chi connectivity index (χ0) is 23.5. The minimum absolute atomic E-state index is 0. The summed E-state index contributed by atoms with van der Waals surface area (Å²) in [6.45, 7) is 2.25. The lowest BCUT2D eigenvalue weighted by molar-refractivity contribution is 0.0985. The number of rotatable bonds is 7. The van der Waals surface area contributed by atoms with Crippen molar-refractivity contribution in [2.75, 3.05) is 45.3 Å². The number of aromatic nitrogens is 1. The smallest absolute Gasteiger partial charge is 0.260 e. The number of likely N-dealkylation sites (N-methyl/N-ethyl adjacent to an activating group) is 1. The van der Waals surface area contributed by atoms with Gasteiger partial charge in [-0.1, -0.05) is 35.6 Å². The molecule has 2 heterocycles. The van der Waals surface area contributed by atoms with Crippen LogP contribution in [-0.2, 0) is 0 Å². The van der Waals surface area contributed by atoms with Crippen molar-refractivity contribution in [1.82, 2.24) is 9.88 Å². The molecule has 0 saturated carbocycles. The van der Waals surface area contributed by atoms with E-state index in [4.69, 9.17) is 19.2 Å². The van der Waals surface area contributed by atoms with Crippen LogP contribution in [0.3, 0.4) is 0 Å². The topological polar surface area (TPSA) is 64.1 Å². The van der Waals surface area contributed by atoms with Gasteiger partial charge in [0.1, 0.15) is 24.7 Å². The lowest BCUT2D eigenvalue weighted by Gasteiger charge is -2.22. The minimum atomic E-state index is -0.128. The van der Waals surface area contributed by atoms with Gasteiger partial charge in [-0.15, -0.1) is 12.4 Å². The lowest BCUT2D eigenvalue weighted by Crippen LogP contribution is -2.36. The van der Waals surface area contributed by atoms with Crippen molar-refractivity contribution in [3.05, 3.63) is 72.3 Å². The van der Waals surface area contributed by atoms with Crippen molar-refractivity contribution in [2.24, 2.45) is 0 Å². The van der Waals surface area contributed by atoms with Crippen molar-refractivity contribution in [1.29, 1.82) is 0 Å². The zero-order valence-electron chi connectivity index (χ0n) is 19.5. The van der Waals surface area contributed by atoms with Gasteiger partial charge >= 0.3 is 0 Å². The van der Waals surface area contributed by atoms with Crippen molar-refractivity contribution in [2.45, 2.75) is 0 Å². The summed E-state index contributed by atoms with van der Waals surface area (Å²) in [6, 6.07) is 20.6. The van der Waals surface area contributed by atoms with E-state index < -0.39 is 0 Å². The maximum Gasteiger partial charge on any atom is 0.260 e. The van der Waals surface area contributed by atoms with Crippen LogP contribution in [0.15, 0.2) is 66.7 Å². The van der Waals surface area contributed by atoms with Crippen molar-refractivity contribution in [3.63, 3.8) is 0 Å². The molecule has 0 atom stereocenters. The standard InChI is InChI=1S/C26H25N3O4S.ClH/c1-28(2)11-12-29(26-27-21-16-22-23(17-24(21)34-26)32-14-13-31-22)25(30)18-7-6-10-20(15-18)33-19-8-4-3-5-9-19;/h3-10,15-17H,11-14H2,1-2H3;1H. The molecular formula is C26H26ClN3O4S. The molecular weight excluding hydrogens is 486 g/mol. The average Bonchev–Trinajstić information content (AvgIpc) is 3.25. The number of anilines is 1. The Balaban J connectivity index is 0.00000289. The van der Waals surface area contributed by atoms with Gasteiger partial charge < -0.3 is 19.1 Å². The number of nitrogens with zero attached hydrogens (tertiary/aromatic N) is 3. The summed E-state index contributed by atoms with van der Waals surface area (Å²) in [5.41, 5.74) is 1.32. The molecule has 35 heavy (non-hydrogen) atoms. The molecule has 0 radical (unpaired) electrons. The molecule has 5 rings (SSSR count). The number of hydrogen-bond donors (Lipinski definition) is 0. The number of carbonyl (C=O) groups excluding carboxylic acids is 1. The number of fused-ring (bicyclic) bond motifs is 2. The van der Waals surface area contributed by atoms with Gasteiger partial charge in [0.15, 0.2) is 16.6 Å². The molecule has 0 bridgehead atoms. The molecule has 4 aromatic rings. The van der Waals surface area contributed by atoms with Crippen LogP contribution in [0.5, 0.6) is 23.0 Å². The van der Waals surface area contributed by atoms with Crippen molar-refractivity contribution >= 4 is 45.0 Å². The zero-order valence-corrected chi connectivity index (χ0v) is 21.1. The SMILES string of the molecule is CN(C)CCN(C(=O)c1cccc(Oc2ccccc2)c1)c1nc2cc3c(cc2s1)OCCO3.Cl. The Morgan fingerprint density at radius 3 is 2.40 bits per heavy atom. The van der Waals surface area contributed by atoms with Crippen LogP contribution in [-0.4, -0.2) is 56.2 Å². The van der Waals surface area contributed by atoms with E-state index in [1.54, 1.807) is 17.0 Å². The molecule has 0 spiro atoms. The Morgan fingerprint density at radius 1 is 0.943 bits per heavy atom. The largest absolute Gasteiger partial charge is 0.486 e. The van der Waals surface area contributed by atoms with Gasteiger partial charge in [-0.3, -0.25) is 9.69 Å². The molecule has 0 unspecified atom stereocenters. The third kappa shape index (κ3) is 5.67. The predicted octanol–water partition coefficient (Wildman–Crippen LogP) is 5.49. The van der Waals surface area contributed by atoms with Gasteiger partial charge in [0, 0.05) is 30.8 Å². The summed E-state index contributed by atoms with van der Waals surface area (Å²) >= 11 is 1.47. The number of hydrogen-bond acceptors (Lipinski definition) is 7. The molecule has 0 saturated heterocycles. The highest BCUT2D eigenvalue weighted by Gasteiger charge is 2.23. The summed E-state index contributed by atoms with van der Waals surface area (Å²) < 4.78 is 18.3. The number of para-hydroxylation sites is 1. The van der Waals surface area contributed by atoms with E-state index in [9.17, 15) is 4.79 Å². The van der Waals surface area contributed by atoms with Crippen LogP contribution in [0, 0.1) is 0 Å². The summed E-state index contributed by atoms with van der Waals surface area (Å²) in [5.74, 6) is 2.60. The first-order valence-electron chi connectivity index (χ1n) is 11.1. The normalized spacial score (nSPS) is 12.3. The van der Waals surface area contributed by atoms with Crippen LogP contribution < -0.4 is 19.1 Å². The molecule has 1 amide bonds. The Labute approximate surface area is 214 Å². The van der Waals surface area contributed by atoms with Gasteiger partial charge in [0.25, 0.3) is 5.91 Å². The monoisotopic (exact) mass is 511 g/mol. The molecule has 3 aromatic carbocycles. The van der Waals surface area contributed by atoms with Gasteiger partial charge in [-0.05, 0) is 44.4 Å². The molecule has 9 heteroatoms. The van der Waals surface area contributed by atoms with Crippen LogP contribution in [0.1, 0.15) is 10.4 Å². The second kappa shape index (κ2) is 10.9. The second-order valence-corrected chi connectivity index (χ2v) is 9.17. The maximum absolute atomic E-state index is 13.7. The van der Waals surface area contributed by atoms with E-state index in [-0.39, 0.29) is 18.3 Å². The number of amides is 1. The first-order chi connectivity index (χ1) is 16.6. The molecule has 1 aliphatic rings. The molecule has 0 fully saturated rings. The molecule has 1 aromatic heterocycles. The fraction of sp³-hybridized carbons (Fsp3) is 0.231. The Morgan fingerprint density at radius 2 is 1.66 bits per heavy atom. The number of halogens is 1. The van der Waals surface area contributed by atoms with Crippen molar-refractivity contribution in [3.8, 4) is 23.0 Å². The summed E-state index contributed by atoms with van der Waals surface area (Å²) in [7, 11) is 3.97. The van der Waals surface area contributed by atoms with Crippen LogP contribution in [0.4, 0.5) is 5.13 Å². The van der Waals surface area contributed by atoms with Gasteiger partial charge in [-0.25, -0.2) is 4.98 Å². The van der Waals surface area contributed by atoms with E-state index in [1.165, 1.54) is 11.3 Å². The molecule has 0 aliphatic carbocycles. The number of thiazole rings is 1. The van der Waals surface area contributed by atoms with E-state index in [0.29, 0.717) is 54.2 Å². The van der Waals surface area contributed by atoms with E-state index in [0.717, 1.165) is 16.0 Å². The highest BCUT2D eigenvalue weighted by Crippen LogP contribution is 2.39. The number of carbonyl (C=O) groups is 1. The highest BCUT2D eigenvalue weighted by atomic mass is 35.5. The molecule has 0 N–H and O–H groups in total. The first kappa shape index (κ1) is 24.8. The fourth-order valence-electron chi connectivity index (χ4n) is 3.63. The van der Waals surface area contributed by atoms with Gasteiger partial charge in [0.2, 0.25) is 0 Å². The summed E-state index contributed by atoms with van der Waals surface area (Å²) in [6.07, 6.45) is 0. The third-order valence-electron chi connectivity index (χ3n) is 5.35. The minimum Gasteiger partial charge on any atom is -0.486 e. The lowest BCUT2D eigenvalue weighted by atomic mass is 10.2. The molecule has 182 valence electrons. The Hall–Kier alpha value is -3.33. The quantitative estimate of drug-likeness (QED) is 0.327. The number of benzene rings is 3. The van der Waals surface area contributed by atoms with Gasteiger partial charge in [0.05, 0.1) is 10.2 Å². The average molecular weight is 512 g/mol. The van der Waals surface area contributed by atoms with E-state index in [2.05, 4.69) is 0 Å². The first-order valence-corrected chi connectivity index (χ1v) is 11.9. The van der Waals surface area contributed by atoms with E-state index in [1.807, 2.05) is 73.6 Å². The van der Waals surface area contributed by atoms with Crippen molar-refractivity contribution < 1.29 is 19.0 Å². The molecule has 7 nitrogen and oxygen atoms in total. The predicted molar refractivity (Wildman–Crippen MR) is 141 cm³/mol. The number of ether oxygens (including phenoxy) is 3. The van der Waals surface area contributed by atoms with Gasteiger partial charge in [-0.2, -0.15) is 0 Å². The summed E-state index contributed by atoms with van der Waals surface area (Å²) in [5, 5.41) is 0.638. The Bertz CT molecular complexity index is 1270. The summed E-state index contributed by atoms with van der Waals surface area (Å²) in [4.78, 5) is 22.2. The second-order valence-electron chi connectivity index (χ2n) is 8.16. The molecule has 1 aliphatic heterocycles. The van der Waals surface area contributed by atoms with Crippen LogP contribution in [0.2, 0.25) is 0 Å².